The van der Waals surface area contributed by atoms with E-state index in [0.717, 1.165) is 25.0 Å². The number of hydrogen-bond donors (Lipinski definition) is 2. The first-order valence-electron chi connectivity index (χ1n) is 7.76. The number of ether oxygens (including phenoxy) is 1. The molecular formula is C17H27N3O. The van der Waals surface area contributed by atoms with Crippen molar-refractivity contribution in [1.29, 1.82) is 5.41 Å². The summed E-state index contributed by atoms with van der Waals surface area (Å²) in [6.45, 7) is 6.65. The van der Waals surface area contributed by atoms with Crippen LogP contribution in [0.5, 0.6) is 5.75 Å². The monoisotopic (exact) mass is 289 g/mol. The van der Waals surface area contributed by atoms with E-state index in [0.29, 0.717) is 11.3 Å². The summed E-state index contributed by atoms with van der Waals surface area (Å²) in [6.07, 6.45) is 3.88. The van der Waals surface area contributed by atoms with Crippen molar-refractivity contribution in [3.63, 3.8) is 0 Å². The minimum atomic E-state index is 0.0530. The van der Waals surface area contributed by atoms with Crippen molar-refractivity contribution >= 4 is 5.84 Å². The summed E-state index contributed by atoms with van der Waals surface area (Å²) in [7, 11) is 1.63. The lowest BCUT2D eigenvalue weighted by Gasteiger charge is -2.23. The average Bonchev–Trinajstić information content (AvgIpc) is 3.27. The summed E-state index contributed by atoms with van der Waals surface area (Å²) in [6, 6.07) is 6.72. The van der Waals surface area contributed by atoms with Gasteiger partial charge in [0.25, 0.3) is 0 Å². The molecule has 1 fully saturated rings. The Bertz CT molecular complexity index is 495. The molecule has 0 aliphatic heterocycles. The van der Waals surface area contributed by atoms with Gasteiger partial charge in [0.1, 0.15) is 11.6 Å². The zero-order chi connectivity index (χ0) is 15.4. The molecule has 2 rings (SSSR count). The molecule has 0 unspecified atom stereocenters. The Labute approximate surface area is 127 Å². The van der Waals surface area contributed by atoms with E-state index in [9.17, 15) is 0 Å². The Hall–Kier alpha value is -1.55. The fourth-order valence-corrected chi connectivity index (χ4v) is 2.55. The third-order valence-corrected chi connectivity index (χ3v) is 4.00. The maximum absolute atomic E-state index is 7.57. The number of benzene rings is 1. The van der Waals surface area contributed by atoms with E-state index in [1.807, 2.05) is 12.1 Å². The molecule has 1 saturated carbocycles. The molecule has 116 valence electrons. The van der Waals surface area contributed by atoms with Crippen molar-refractivity contribution in [2.75, 3.05) is 13.7 Å². The number of nitrogen functional groups attached to an aromatic ring is 1. The van der Waals surface area contributed by atoms with E-state index in [1.165, 1.54) is 24.8 Å². The minimum Gasteiger partial charge on any atom is -0.496 e. The van der Waals surface area contributed by atoms with Crippen molar-refractivity contribution in [2.24, 2.45) is 11.7 Å². The van der Waals surface area contributed by atoms with Gasteiger partial charge in [-0.2, -0.15) is 0 Å². The number of rotatable bonds is 8. The molecule has 1 aliphatic carbocycles. The highest BCUT2D eigenvalue weighted by atomic mass is 16.5. The van der Waals surface area contributed by atoms with Crippen molar-refractivity contribution < 1.29 is 4.74 Å². The van der Waals surface area contributed by atoms with Gasteiger partial charge in [-0.1, -0.05) is 19.9 Å². The SMILES string of the molecule is COc1cc(CN(CCC(C)C)C2CC2)ccc1C(=N)N. The standard InChI is InChI=1S/C17H27N3O/c1-12(2)8-9-20(14-5-6-14)11-13-4-7-15(17(18)19)16(10-13)21-3/h4,7,10,12,14H,5-6,8-9,11H2,1-3H3,(H3,18,19). The zero-order valence-corrected chi connectivity index (χ0v) is 13.4. The maximum Gasteiger partial charge on any atom is 0.130 e. The van der Waals surface area contributed by atoms with Crippen molar-refractivity contribution in [2.45, 2.75) is 45.7 Å². The van der Waals surface area contributed by atoms with Gasteiger partial charge in [0.2, 0.25) is 0 Å². The van der Waals surface area contributed by atoms with Gasteiger partial charge in [-0.05, 0) is 49.4 Å². The molecule has 0 saturated heterocycles. The molecule has 4 nitrogen and oxygen atoms in total. The second-order valence-corrected chi connectivity index (χ2v) is 6.33. The van der Waals surface area contributed by atoms with E-state index < -0.39 is 0 Å². The topological polar surface area (TPSA) is 62.3 Å². The van der Waals surface area contributed by atoms with E-state index in [-0.39, 0.29) is 5.84 Å². The van der Waals surface area contributed by atoms with Crippen LogP contribution in [0.1, 0.15) is 44.2 Å². The summed E-state index contributed by atoms with van der Waals surface area (Å²) in [5.41, 5.74) is 7.47. The van der Waals surface area contributed by atoms with E-state index in [2.05, 4.69) is 24.8 Å². The average molecular weight is 289 g/mol. The molecule has 1 aromatic rings. The van der Waals surface area contributed by atoms with Crippen LogP contribution in [0.25, 0.3) is 0 Å². The normalized spacial score (nSPS) is 14.7. The van der Waals surface area contributed by atoms with Crippen LogP contribution in [0.3, 0.4) is 0 Å². The first-order chi connectivity index (χ1) is 10.0. The molecule has 0 heterocycles. The largest absolute Gasteiger partial charge is 0.496 e. The predicted molar refractivity (Wildman–Crippen MR) is 86.9 cm³/mol. The number of nitrogens with zero attached hydrogens (tertiary/aromatic N) is 1. The number of nitrogens with two attached hydrogens (primary N) is 1. The molecule has 1 aliphatic rings. The quantitative estimate of drug-likeness (QED) is 0.571. The third-order valence-electron chi connectivity index (χ3n) is 4.00. The van der Waals surface area contributed by atoms with Crippen molar-refractivity contribution in [3.05, 3.63) is 29.3 Å². The summed E-state index contributed by atoms with van der Waals surface area (Å²) < 4.78 is 5.36. The summed E-state index contributed by atoms with van der Waals surface area (Å²) >= 11 is 0. The highest BCUT2D eigenvalue weighted by molar-refractivity contribution is 5.97. The number of hydrogen-bond acceptors (Lipinski definition) is 3. The van der Waals surface area contributed by atoms with Gasteiger partial charge >= 0.3 is 0 Å². The summed E-state index contributed by atoms with van der Waals surface area (Å²) in [5.74, 6) is 1.48. The van der Waals surface area contributed by atoms with Crippen molar-refractivity contribution in [1.82, 2.24) is 4.90 Å². The Kier molecular flexibility index (Phi) is 5.23. The van der Waals surface area contributed by atoms with Gasteiger partial charge in [0.15, 0.2) is 0 Å². The highest BCUT2D eigenvalue weighted by Gasteiger charge is 2.28. The van der Waals surface area contributed by atoms with E-state index >= 15 is 0 Å². The fourth-order valence-electron chi connectivity index (χ4n) is 2.55. The van der Waals surface area contributed by atoms with Crippen LogP contribution in [-0.2, 0) is 6.54 Å². The van der Waals surface area contributed by atoms with Crippen LogP contribution >= 0.6 is 0 Å². The molecular weight excluding hydrogens is 262 g/mol. The minimum absolute atomic E-state index is 0.0530. The Morgan fingerprint density at radius 2 is 2.14 bits per heavy atom. The smallest absolute Gasteiger partial charge is 0.130 e. The molecule has 0 bridgehead atoms. The molecule has 0 atom stereocenters. The third kappa shape index (κ3) is 4.46. The molecule has 21 heavy (non-hydrogen) atoms. The number of methoxy groups -OCH3 is 1. The molecule has 4 heteroatoms. The summed E-state index contributed by atoms with van der Waals surface area (Å²) in [5, 5.41) is 7.57. The fraction of sp³-hybridized carbons (Fsp3) is 0.588. The zero-order valence-electron chi connectivity index (χ0n) is 13.4. The lowest BCUT2D eigenvalue weighted by molar-refractivity contribution is 0.239. The van der Waals surface area contributed by atoms with Gasteiger partial charge in [0.05, 0.1) is 12.7 Å². The maximum atomic E-state index is 7.57. The van der Waals surface area contributed by atoms with Gasteiger partial charge < -0.3 is 10.5 Å². The van der Waals surface area contributed by atoms with Gasteiger partial charge in [-0.25, -0.2) is 0 Å². The first-order valence-corrected chi connectivity index (χ1v) is 7.76. The lowest BCUT2D eigenvalue weighted by atomic mass is 10.1. The van der Waals surface area contributed by atoms with E-state index in [4.69, 9.17) is 15.9 Å². The van der Waals surface area contributed by atoms with E-state index in [1.54, 1.807) is 7.11 Å². The van der Waals surface area contributed by atoms with Crippen LogP contribution in [0.15, 0.2) is 18.2 Å². The van der Waals surface area contributed by atoms with Crippen LogP contribution in [0.4, 0.5) is 0 Å². The predicted octanol–water partition coefficient (Wildman–Crippen LogP) is 2.99. The molecule has 0 spiro atoms. The second kappa shape index (κ2) is 6.94. The van der Waals surface area contributed by atoms with Crippen LogP contribution in [0.2, 0.25) is 0 Å². The number of nitrogens with one attached hydrogen (secondary N) is 1. The van der Waals surface area contributed by atoms with Gasteiger partial charge in [-0.15, -0.1) is 0 Å². The molecule has 0 aromatic heterocycles. The van der Waals surface area contributed by atoms with Crippen LogP contribution in [0, 0.1) is 11.3 Å². The van der Waals surface area contributed by atoms with Gasteiger partial charge in [-0.3, -0.25) is 10.3 Å². The summed E-state index contributed by atoms with van der Waals surface area (Å²) in [4.78, 5) is 2.57. The first kappa shape index (κ1) is 15.8. The molecule has 1 aromatic carbocycles. The van der Waals surface area contributed by atoms with Crippen LogP contribution < -0.4 is 10.5 Å². The Morgan fingerprint density at radius 1 is 1.43 bits per heavy atom. The molecule has 3 N–H and O–H groups in total. The Morgan fingerprint density at radius 3 is 2.67 bits per heavy atom. The van der Waals surface area contributed by atoms with Crippen molar-refractivity contribution in [3.8, 4) is 5.75 Å². The van der Waals surface area contributed by atoms with Gasteiger partial charge in [0, 0.05) is 12.6 Å². The Balaban J connectivity index is 2.07. The number of amidine groups is 1. The molecule has 0 amide bonds. The second-order valence-electron chi connectivity index (χ2n) is 6.33. The molecule has 0 radical (unpaired) electrons. The highest BCUT2D eigenvalue weighted by Crippen LogP contribution is 2.30. The van der Waals surface area contributed by atoms with Crippen LogP contribution in [-0.4, -0.2) is 30.4 Å². The lowest BCUT2D eigenvalue weighted by Crippen LogP contribution is -2.27.